The summed E-state index contributed by atoms with van der Waals surface area (Å²) in [5, 5.41) is 5.77. The Hall–Kier alpha value is -1.77. The van der Waals surface area contributed by atoms with Crippen LogP contribution in [0.2, 0.25) is 10.0 Å². The van der Waals surface area contributed by atoms with Gasteiger partial charge in [0.2, 0.25) is 5.91 Å². The molecule has 1 atom stereocenters. The molecule has 2 amide bonds. The molecule has 1 saturated heterocycles. The van der Waals surface area contributed by atoms with Gasteiger partial charge in [0, 0.05) is 5.02 Å². The Morgan fingerprint density at radius 1 is 1.27 bits per heavy atom. The molecule has 2 N–H and O–H groups in total. The number of nitrogens with one attached hydrogen (secondary N) is 2. The summed E-state index contributed by atoms with van der Waals surface area (Å²) in [5.74, 6) is -1.87. The van der Waals surface area contributed by atoms with E-state index in [1.54, 1.807) is 6.07 Å². The van der Waals surface area contributed by atoms with E-state index in [1.165, 1.54) is 12.1 Å². The highest BCUT2D eigenvalue weighted by Crippen LogP contribution is 2.20. The molecule has 0 bridgehead atoms. The summed E-state index contributed by atoms with van der Waals surface area (Å²) in [6.45, 7) is 4.61. The average molecular weight is 400 g/mol. The van der Waals surface area contributed by atoms with Crippen LogP contribution in [0.15, 0.2) is 18.2 Å². The van der Waals surface area contributed by atoms with Gasteiger partial charge in [-0.05, 0) is 30.5 Å². The third-order valence-electron chi connectivity index (χ3n) is 3.51. The maximum absolute atomic E-state index is 12.2. The van der Waals surface area contributed by atoms with E-state index in [4.69, 9.17) is 32.5 Å². The monoisotopic (exact) mass is 399 g/mol. The van der Waals surface area contributed by atoms with E-state index in [0.29, 0.717) is 11.4 Å². The first-order valence-electron chi connectivity index (χ1n) is 7.98. The van der Waals surface area contributed by atoms with Gasteiger partial charge in [0.15, 0.2) is 6.61 Å². The second kappa shape index (κ2) is 9.25. The summed E-state index contributed by atoms with van der Waals surface area (Å²) < 4.78 is 10.1. The summed E-state index contributed by atoms with van der Waals surface area (Å²) in [7, 11) is -0.882. The van der Waals surface area contributed by atoms with Crippen LogP contribution in [0.25, 0.3) is 0 Å². The Kier molecular flexibility index (Phi) is 7.31. The third-order valence-corrected chi connectivity index (χ3v) is 4.08. The number of halogens is 2. The second-order valence-corrected chi connectivity index (χ2v) is 7.01. The molecule has 10 heteroatoms. The van der Waals surface area contributed by atoms with Crippen molar-refractivity contribution in [3.8, 4) is 0 Å². The van der Waals surface area contributed by atoms with Gasteiger partial charge in [0.25, 0.3) is 5.91 Å². The molecule has 0 spiro atoms. The lowest BCUT2D eigenvalue weighted by atomic mass is 9.74. The van der Waals surface area contributed by atoms with Crippen molar-refractivity contribution in [3.63, 3.8) is 0 Å². The summed E-state index contributed by atoms with van der Waals surface area (Å²) >= 11 is 11.8. The molecule has 1 aliphatic heterocycles. The van der Waals surface area contributed by atoms with E-state index < -0.39 is 30.8 Å². The van der Waals surface area contributed by atoms with Crippen LogP contribution in [0.3, 0.4) is 0 Å². The molecule has 1 aliphatic rings. The van der Waals surface area contributed by atoms with Gasteiger partial charge in [-0.1, -0.05) is 37.0 Å². The second-order valence-electron chi connectivity index (χ2n) is 6.17. The van der Waals surface area contributed by atoms with E-state index in [2.05, 4.69) is 10.6 Å². The summed E-state index contributed by atoms with van der Waals surface area (Å²) in [6, 6.07) is 4.48. The molecule has 1 aromatic rings. The lowest BCUT2D eigenvalue weighted by Gasteiger charge is -2.21. The average Bonchev–Trinajstić information content (AvgIpc) is 3.00. The van der Waals surface area contributed by atoms with Crippen molar-refractivity contribution in [1.82, 2.24) is 10.6 Å². The Morgan fingerprint density at radius 2 is 2.00 bits per heavy atom. The van der Waals surface area contributed by atoms with Crippen LogP contribution in [0.4, 0.5) is 0 Å². The van der Waals surface area contributed by atoms with E-state index in [0.717, 1.165) is 6.61 Å². The fourth-order valence-electron chi connectivity index (χ4n) is 2.40. The van der Waals surface area contributed by atoms with E-state index in [-0.39, 0.29) is 23.0 Å². The minimum absolute atomic E-state index is 0.174. The van der Waals surface area contributed by atoms with Crippen molar-refractivity contribution >= 4 is 48.1 Å². The zero-order valence-electron chi connectivity index (χ0n) is 14.3. The van der Waals surface area contributed by atoms with E-state index >= 15 is 0 Å². The largest absolute Gasteiger partial charge is 0.552 e. The quantitative estimate of drug-likeness (QED) is 0.684. The summed E-state index contributed by atoms with van der Waals surface area (Å²) in [6.07, 6.45) is 0.533. The normalized spacial score (nSPS) is 15.0. The van der Waals surface area contributed by atoms with Crippen molar-refractivity contribution in [2.45, 2.75) is 26.2 Å². The van der Waals surface area contributed by atoms with Crippen LogP contribution in [-0.2, 0) is 18.9 Å². The van der Waals surface area contributed by atoms with Crippen molar-refractivity contribution in [2.24, 2.45) is 5.92 Å². The van der Waals surface area contributed by atoms with Crippen LogP contribution in [-0.4, -0.2) is 37.4 Å². The molecular formula is C16H18BCl2N2O5. The van der Waals surface area contributed by atoms with Crippen molar-refractivity contribution < 1.29 is 23.7 Å². The highest BCUT2D eigenvalue weighted by Gasteiger charge is 2.40. The lowest BCUT2D eigenvalue weighted by Crippen LogP contribution is -2.50. The minimum Gasteiger partial charge on any atom is -0.506 e. The standard InChI is InChI=1S/C16H18BCl2N2O5/c1-9(2)5-13(17-25-8-15(23)26-17)21-14(22)7-20-16(24)11-6-10(18)3-4-12(11)19/h3-4,6,8-9,13H,5,7H2,1-2H3,(H,20,24)(H,21,22)/t13-/m0/s1. The SMILES string of the molecule is CC(C)C[C@H](NC(=O)CNC(=O)c1cc(Cl)ccc1Cl)B1O[CH]C(=O)O1. The Bertz CT molecular complexity index is 701. The first-order chi connectivity index (χ1) is 12.3. The number of hydrogen-bond donors (Lipinski definition) is 2. The zero-order valence-corrected chi connectivity index (χ0v) is 15.8. The number of hydrogen-bond acceptors (Lipinski definition) is 5. The minimum atomic E-state index is -0.882. The van der Waals surface area contributed by atoms with Gasteiger partial charge in [0.05, 0.1) is 23.1 Å². The Labute approximate surface area is 161 Å². The van der Waals surface area contributed by atoms with Gasteiger partial charge in [0.1, 0.15) is 0 Å². The maximum atomic E-state index is 12.2. The molecular weight excluding hydrogens is 382 g/mol. The fraction of sp³-hybridized carbons (Fsp3) is 0.375. The molecule has 0 unspecified atom stereocenters. The van der Waals surface area contributed by atoms with Gasteiger partial charge in [-0.2, -0.15) is 0 Å². The molecule has 1 heterocycles. The Morgan fingerprint density at radius 3 is 2.62 bits per heavy atom. The van der Waals surface area contributed by atoms with Crippen molar-refractivity contribution in [3.05, 3.63) is 40.4 Å². The molecule has 1 fully saturated rings. The maximum Gasteiger partial charge on any atom is 0.552 e. The van der Waals surface area contributed by atoms with Crippen LogP contribution in [0, 0.1) is 12.5 Å². The van der Waals surface area contributed by atoms with Crippen LogP contribution in [0.1, 0.15) is 30.6 Å². The van der Waals surface area contributed by atoms with E-state index in [1.807, 2.05) is 13.8 Å². The molecule has 0 saturated carbocycles. The molecule has 1 radical (unpaired) electrons. The fourth-order valence-corrected chi connectivity index (χ4v) is 2.78. The lowest BCUT2D eigenvalue weighted by molar-refractivity contribution is -0.130. The number of carbonyl (C=O) groups is 3. The summed E-state index contributed by atoms with van der Waals surface area (Å²) in [4.78, 5) is 35.5. The smallest absolute Gasteiger partial charge is 0.506 e. The highest BCUT2D eigenvalue weighted by atomic mass is 35.5. The van der Waals surface area contributed by atoms with Crippen molar-refractivity contribution in [2.75, 3.05) is 6.54 Å². The molecule has 26 heavy (non-hydrogen) atoms. The predicted molar refractivity (Wildman–Crippen MR) is 97.4 cm³/mol. The summed E-state index contributed by atoms with van der Waals surface area (Å²) in [5.41, 5.74) is 0.174. The predicted octanol–water partition coefficient (Wildman–Crippen LogP) is 2.02. The van der Waals surface area contributed by atoms with Gasteiger partial charge in [-0.15, -0.1) is 0 Å². The highest BCUT2D eigenvalue weighted by molar-refractivity contribution is 6.51. The molecule has 1 aromatic carbocycles. The molecule has 2 rings (SSSR count). The van der Waals surface area contributed by atoms with Crippen molar-refractivity contribution in [1.29, 1.82) is 0 Å². The number of rotatable bonds is 7. The van der Waals surface area contributed by atoms with Crippen LogP contribution < -0.4 is 10.6 Å². The van der Waals surface area contributed by atoms with Gasteiger partial charge in [-0.25, -0.2) is 0 Å². The topological polar surface area (TPSA) is 93.7 Å². The van der Waals surface area contributed by atoms with Crippen LogP contribution >= 0.6 is 23.2 Å². The first kappa shape index (κ1) is 20.5. The number of amides is 2. The van der Waals surface area contributed by atoms with Crippen LogP contribution in [0.5, 0.6) is 0 Å². The molecule has 139 valence electrons. The van der Waals surface area contributed by atoms with E-state index in [9.17, 15) is 14.4 Å². The number of carbonyl (C=O) groups excluding carboxylic acids is 3. The van der Waals surface area contributed by atoms with Gasteiger partial charge >= 0.3 is 13.1 Å². The molecule has 0 aromatic heterocycles. The molecule has 0 aliphatic carbocycles. The first-order valence-corrected chi connectivity index (χ1v) is 8.73. The van der Waals surface area contributed by atoms with Gasteiger partial charge in [-0.3, -0.25) is 14.4 Å². The third kappa shape index (κ3) is 5.90. The number of benzene rings is 1. The Balaban J connectivity index is 1.92. The van der Waals surface area contributed by atoms with Gasteiger partial charge < -0.3 is 19.9 Å². The molecule has 7 nitrogen and oxygen atoms in total. The zero-order chi connectivity index (χ0) is 19.3.